The van der Waals surface area contributed by atoms with Gasteiger partial charge in [0.1, 0.15) is 0 Å². The summed E-state index contributed by atoms with van der Waals surface area (Å²) in [4.78, 5) is 12.1. The van der Waals surface area contributed by atoms with E-state index in [1.807, 2.05) is 30.3 Å². The summed E-state index contributed by atoms with van der Waals surface area (Å²) in [6.07, 6.45) is 6.03. The van der Waals surface area contributed by atoms with Crippen molar-refractivity contribution in [2.45, 2.75) is 70.6 Å². The molecule has 1 amide bonds. The summed E-state index contributed by atoms with van der Waals surface area (Å²) in [6.45, 7) is 4.79. The molecule has 0 saturated carbocycles. The number of hydrogen-bond donors (Lipinski definition) is 2. The van der Waals surface area contributed by atoms with Crippen molar-refractivity contribution in [1.82, 2.24) is 5.32 Å². The molecule has 0 unspecified atom stereocenters. The summed E-state index contributed by atoms with van der Waals surface area (Å²) in [5.41, 5.74) is 1.95. The Balaban J connectivity index is 1.62. The first-order valence-corrected chi connectivity index (χ1v) is 11.2. The van der Waals surface area contributed by atoms with E-state index >= 15 is 0 Å². The molecular formula is C26H33F3N2O. The normalized spacial score (nSPS) is 11.3. The zero-order valence-electron chi connectivity index (χ0n) is 18.5. The number of rotatable bonds is 14. The van der Waals surface area contributed by atoms with Gasteiger partial charge in [0.15, 0.2) is 0 Å². The summed E-state index contributed by atoms with van der Waals surface area (Å²) in [6, 6.07) is 12.8. The zero-order valence-corrected chi connectivity index (χ0v) is 18.5. The van der Waals surface area contributed by atoms with Gasteiger partial charge in [0.05, 0.1) is 5.56 Å². The topological polar surface area (TPSA) is 41.1 Å². The fraction of sp³-hybridized carbons (Fsp3) is 0.423. The fourth-order valence-corrected chi connectivity index (χ4v) is 3.37. The zero-order chi connectivity index (χ0) is 23.2. The minimum absolute atomic E-state index is 0.0323. The molecule has 0 aliphatic carbocycles. The number of allylic oxidation sites excluding steroid dienone is 1. The number of alkyl halides is 3. The predicted molar refractivity (Wildman–Crippen MR) is 124 cm³/mol. The Morgan fingerprint density at radius 1 is 0.812 bits per heavy atom. The van der Waals surface area contributed by atoms with Crippen LogP contribution in [0, 0.1) is 0 Å². The average Bonchev–Trinajstić information content (AvgIpc) is 2.76. The van der Waals surface area contributed by atoms with Crippen LogP contribution in [0.15, 0.2) is 61.2 Å². The first-order valence-electron chi connectivity index (χ1n) is 11.2. The molecule has 2 aromatic carbocycles. The molecule has 0 spiro atoms. The molecule has 0 aliphatic heterocycles. The van der Waals surface area contributed by atoms with Gasteiger partial charge in [0, 0.05) is 25.2 Å². The maximum Gasteiger partial charge on any atom is 0.416 e. The number of carbonyl (C=O) groups excluding carboxylic acids is 1. The standard InChI is InChI=1S/C26H33F3N2O/c1-2-3-4-5-6-7-8-9-10-25(32)31-24-17-13-22(14-18-24)20-30-19-21-11-15-23(16-12-21)26(27,28)29/h2,11-18,30H,1,3-10,19-20H2,(H,31,32). The van der Waals surface area contributed by atoms with Gasteiger partial charge in [0.2, 0.25) is 5.91 Å². The van der Waals surface area contributed by atoms with E-state index in [2.05, 4.69) is 17.2 Å². The molecule has 0 saturated heterocycles. The number of benzene rings is 2. The van der Waals surface area contributed by atoms with E-state index in [1.54, 1.807) is 0 Å². The highest BCUT2D eigenvalue weighted by Crippen LogP contribution is 2.29. The van der Waals surface area contributed by atoms with Crippen molar-refractivity contribution in [2.75, 3.05) is 5.32 Å². The second-order valence-electron chi connectivity index (χ2n) is 7.99. The molecule has 0 atom stereocenters. The lowest BCUT2D eigenvalue weighted by Crippen LogP contribution is -2.14. The quantitative estimate of drug-likeness (QED) is 0.237. The highest BCUT2D eigenvalue weighted by Gasteiger charge is 2.29. The summed E-state index contributed by atoms with van der Waals surface area (Å²) < 4.78 is 37.8. The van der Waals surface area contributed by atoms with Crippen LogP contribution < -0.4 is 10.6 Å². The second kappa shape index (κ2) is 13.7. The van der Waals surface area contributed by atoms with Gasteiger partial charge < -0.3 is 10.6 Å². The van der Waals surface area contributed by atoms with Gasteiger partial charge in [-0.1, -0.05) is 56.0 Å². The lowest BCUT2D eigenvalue weighted by Gasteiger charge is -2.09. The van der Waals surface area contributed by atoms with Gasteiger partial charge >= 0.3 is 6.18 Å². The van der Waals surface area contributed by atoms with Crippen molar-refractivity contribution in [3.8, 4) is 0 Å². The van der Waals surface area contributed by atoms with Gasteiger partial charge in [-0.05, 0) is 54.7 Å². The van der Waals surface area contributed by atoms with Gasteiger partial charge in [-0.15, -0.1) is 6.58 Å². The molecule has 0 aromatic heterocycles. The number of nitrogens with one attached hydrogen (secondary N) is 2. The number of hydrogen-bond acceptors (Lipinski definition) is 2. The van der Waals surface area contributed by atoms with Crippen molar-refractivity contribution in [3.63, 3.8) is 0 Å². The van der Waals surface area contributed by atoms with Crippen molar-refractivity contribution in [3.05, 3.63) is 77.9 Å². The van der Waals surface area contributed by atoms with Gasteiger partial charge in [-0.2, -0.15) is 13.2 Å². The number of amides is 1. The smallest absolute Gasteiger partial charge is 0.326 e. The lowest BCUT2D eigenvalue weighted by atomic mass is 10.1. The van der Waals surface area contributed by atoms with Crippen molar-refractivity contribution >= 4 is 11.6 Å². The Hall–Kier alpha value is -2.60. The maximum absolute atomic E-state index is 12.6. The van der Waals surface area contributed by atoms with E-state index in [1.165, 1.54) is 37.8 Å². The van der Waals surface area contributed by atoms with Crippen molar-refractivity contribution < 1.29 is 18.0 Å². The first-order chi connectivity index (χ1) is 15.4. The van der Waals surface area contributed by atoms with E-state index in [9.17, 15) is 18.0 Å². The van der Waals surface area contributed by atoms with Crippen LogP contribution in [0.3, 0.4) is 0 Å². The van der Waals surface area contributed by atoms with Gasteiger partial charge in [-0.25, -0.2) is 0 Å². The van der Waals surface area contributed by atoms with Gasteiger partial charge in [0.25, 0.3) is 0 Å². The summed E-state index contributed by atoms with van der Waals surface area (Å²) in [5, 5.41) is 6.14. The molecule has 0 bridgehead atoms. The highest BCUT2D eigenvalue weighted by molar-refractivity contribution is 5.90. The molecule has 0 aliphatic rings. The lowest BCUT2D eigenvalue weighted by molar-refractivity contribution is -0.137. The Kier molecular flexibility index (Phi) is 11.0. The van der Waals surface area contributed by atoms with Crippen LogP contribution in [0.4, 0.5) is 18.9 Å². The summed E-state index contributed by atoms with van der Waals surface area (Å²) in [7, 11) is 0. The third-order valence-corrected chi connectivity index (χ3v) is 5.24. The minimum Gasteiger partial charge on any atom is -0.326 e. The van der Waals surface area contributed by atoms with Crippen molar-refractivity contribution in [1.29, 1.82) is 0 Å². The molecule has 6 heteroatoms. The monoisotopic (exact) mass is 446 g/mol. The van der Waals surface area contributed by atoms with E-state index in [-0.39, 0.29) is 5.91 Å². The van der Waals surface area contributed by atoms with Crippen LogP contribution in [0.2, 0.25) is 0 Å². The minimum atomic E-state index is -4.31. The Morgan fingerprint density at radius 2 is 1.34 bits per heavy atom. The summed E-state index contributed by atoms with van der Waals surface area (Å²) in [5.74, 6) is 0.0323. The van der Waals surface area contributed by atoms with Crippen LogP contribution in [0.1, 0.15) is 68.1 Å². The molecule has 2 N–H and O–H groups in total. The largest absolute Gasteiger partial charge is 0.416 e. The Labute approximate surface area is 189 Å². The first kappa shape index (κ1) is 25.7. The van der Waals surface area contributed by atoms with E-state index < -0.39 is 11.7 Å². The number of carbonyl (C=O) groups is 1. The third kappa shape index (κ3) is 10.1. The average molecular weight is 447 g/mol. The number of halogens is 3. The Morgan fingerprint density at radius 3 is 1.91 bits per heavy atom. The highest BCUT2D eigenvalue weighted by atomic mass is 19.4. The fourth-order valence-electron chi connectivity index (χ4n) is 3.37. The van der Waals surface area contributed by atoms with Crippen LogP contribution in [-0.4, -0.2) is 5.91 Å². The molecule has 0 fully saturated rings. The molecular weight excluding hydrogens is 413 g/mol. The molecule has 3 nitrogen and oxygen atoms in total. The molecule has 2 aromatic rings. The van der Waals surface area contributed by atoms with Gasteiger partial charge in [-0.3, -0.25) is 4.79 Å². The SMILES string of the molecule is C=CCCCCCCCCC(=O)Nc1ccc(CNCc2ccc(C(F)(F)F)cc2)cc1. The van der Waals surface area contributed by atoms with Crippen LogP contribution in [0.5, 0.6) is 0 Å². The number of unbranched alkanes of at least 4 members (excludes halogenated alkanes) is 6. The van der Waals surface area contributed by atoms with Crippen molar-refractivity contribution in [2.24, 2.45) is 0 Å². The van der Waals surface area contributed by atoms with E-state index in [4.69, 9.17) is 0 Å². The Bertz CT molecular complexity index is 814. The molecule has 2 rings (SSSR count). The van der Waals surface area contributed by atoms with E-state index in [0.29, 0.717) is 19.5 Å². The van der Waals surface area contributed by atoms with E-state index in [0.717, 1.165) is 48.2 Å². The second-order valence-corrected chi connectivity index (χ2v) is 7.99. The molecule has 0 radical (unpaired) electrons. The van der Waals surface area contributed by atoms with Crippen LogP contribution in [0.25, 0.3) is 0 Å². The van der Waals surface area contributed by atoms with Crippen LogP contribution >= 0.6 is 0 Å². The molecule has 174 valence electrons. The number of anilines is 1. The molecule has 0 heterocycles. The maximum atomic E-state index is 12.6. The summed E-state index contributed by atoms with van der Waals surface area (Å²) >= 11 is 0. The third-order valence-electron chi connectivity index (χ3n) is 5.24. The van der Waals surface area contributed by atoms with Crippen LogP contribution in [-0.2, 0) is 24.1 Å². The molecule has 32 heavy (non-hydrogen) atoms. The predicted octanol–water partition coefficient (Wildman–Crippen LogP) is 7.24.